The first-order valence-electron chi connectivity index (χ1n) is 5.31. The van der Waals surface area contributed by atoms with Crippen molar-refractivity contribution in [3.63, 3.8) is 0 Å². The fourth-order valence-electron chi connectivity index (χ4n) is 1.95. The van der Waals surface area contributed by atoms with Crippen LogP contribution in [-0.2, 0) is 6.42 Å². The molecule has 82 valence electrons. The maximum atomic E-state index is 9.01. The summed E-state index contributed by atoms with van der Waals surface area (Å²) in [7, 11) is 0. The monoisotopic (exact) mass is 212 g/mol. The van der Waals surface area contributed by atoms with Crippen molar-refractivity contribution in [2.45, 2.75) is 34.1 Å². The van der Waals surface area contributed by atoms with E-state index in [2.05, 4.69) is 31.2 Å². The number of nitriles is 2. The van der Waals surface area contributed by atoms with Crippen LogP contribution in [0.4, 0.5) is 0 Å². The van der Waals surface area contributed by atoms with Gasteiger partial charge in [0.2, 0.25) is 0 Å². The van der Waals surface area contributed by atoms with Gasteiger partial charge in [-0.3, -0.25) is 0 Å². The van der Waals surface area contributed by atoms with Crippen LogP contribution in [-0.4, -0.2) is 0 Å². The summed E-state index contributed by atoms with van der Waals surface area (Å²) >= 11 is 0. The lowest BCUT2D eigenvalue weighted by Gasteiger charge is -2.17. The Hall–Kier alpha value is -1.80. The van der Waals surface area contributed by atoms with Crippen LogP contribution in [0, 0.1) is 48.8 Å². The first-order chi connectivity index (χ1) is 7.41. The second-order valence-electron chi connectivity index (χ2n) is 4.61. The zero-order valence-electron chi connectivity index (χ0n) is 10.3. The van der Waals surface area contributed by atoms with Gasteiger partial charge in [0.15, 0.2) is 0 Å². The van der Waals surface area contributed by atoms with E-state index in [1.807, 2.05) is 13.8 Å². The van der Waals surface area contributed by atoms with Crippen LogP contribution < -0.4 is 0 Å². The summed E-state index contributed by atoms with van der Waals surface area (Å²) in [6, 6.07) is 8.36. The Morgan fingerprint density at radius 3 is 1.88 bits per heavy atom. The van der Waals surface area contributed by atoms with Crippen LogP contribution in [0.1, 0.15) is 29.2 Å². The molecule has 0 saturated heterocycles. The van der Waals surface area contributed by atoms with Crippen molar-refractivity contribution in [2.75, 3.05) is 0 Å². The third-order valence-corrected chi connectivity index (χ3v) is 2.86. The molecule has 0 aromatic heterocycles. The maximum absolute atomic E-state index is 9.01. The molecular formula is C14H16N2. The first kappa shape index (κ1) is 12.3. The fourth-order valence-corrected chi connectivity index (χ4v) is 1.95. The number of hydrogen-bond donors (Lipinski definition) is 0. The van der Waals surface area contributed by atoms with Gasteiger partial charge >= 0.3 is 0 Å². The van der Waals surface area contributed by atoms with E-state index in [9.17, 15) is 0 Å². The van der Waals surface area contributed by atoms with Crippen LogP contribution >= 0.6 is 0 Å². The van der Waals surface area contributed by atoms with Gasteiger partial charge < -0.3 is 0 Å². The van der Waals surface area contributed by atoms with Crippen molar-refractivity contribution in [1.29, 1.82) is 10.5 Å². The molecule has 16 heavy (non-hydrogen) atoms. The lowest BCUT2D eigenvalue weighted by molar-refractivity contribution is 0.577. The molecule has 1 rings (SSSR count). The van der Waals surface area contributed by atoms with Gasteiger partial charge in [-0.1, -0.05) is 17.7 Å². The molecule has 0 aliphatic rings. The van der Waals surface area contributed by atoms with Crippen molar-refractivity contribution in [1.82, 2.24) is 0 Å². The number of rotatable bonds is 2. The highest BCUT2D eigenvalue weighted by Crippen LogP contribution is 2.26. The highest BCUT2D eigenvalue weighted by Gasteiger charge is 2.25. The van der Waals surface area contributed by atoms with Crippen molar-refractivity contribution in [3.8, 4) is 12.1 Å². The second-order valence-corrected chi connectivity index (χ2v) is 4.61. The highest BCUT2D eigenvalue weighted by molar-refractivity contribution is 5.39. The molecule has 2 nitrogen and oxygen atoms in total. The van der Waals surface area contributed by atoms with E-state index in [0.717, 1.165) is 16.7 Å². The molecule has 0 radical (unpaired) electrons. The molecule has 1 aromatic rings. The SMILES string of the molecule is Cc1cc(C)c(CC(C)(C#N)C#N)c(C)c1. The van der Waals surface area contributed by atoms with Crippen molar-refractivity contribution in [3.05, 3.63) is 34.4 Å². The van der Waals surface area contributed by atoms with E-state index in [0.29, 0.717) is 6.42 Å². The van der Waals surface area contributed by atoms with Gasteiger partial charge in [-0.05, 0) is 44.4 Å². The van der Waals surface area contributed by atoms with E-state index < -0.39 is 5.41 Å². The molecule has 0 spiro atoms. The average molecular weight is 212 g/mol. The van der Waals surface area contributed by atoms with Gasteiger partial charge in [-0.25, -0.2) is 0 Å². The van der Waals surface area contributed by atoms with Gasteiger partial charge in [0.05, 0.1) is 12.1 Å². The lowest BCUT2D eigenvalue weighted by atomic mass is 9.83. The Labute approximate surface area is 97.1 Å². The van der Waals surface area contributed by atoms with Crippen molar-refractivity contribution >= 4 is 0 Å². The van der Waals surface area contributed by atoms with E-state index >= 15 is 0 Å². The molecule has 0 aliphatic heterocycles. The van der Waals surface area contributed by atoms with Crippen LogP contribution in [0.2, 0.25) is 0 Å². The van der Waals surface area contributed by atoms with E-state index in [1.54, 1.807) is 6.92 Å². The average Bonchev–Trinajstić information content (AvgIpc) is 2.23. The van der Waals surface area contributed by atoms with E-state index in [1.165, 1.54) is 5.56 Å². The summed E-state index contributed by atoms with van der Waals surface area (Å²) in [6.07, 6.45) is 0.498. The Bertz CT molecular complexity index is 449. The smallest absolute Gasteiger partial charge is 0.145 e. The summed E-state index contributed by atoms with van der Waals surface area (Å²) in [5, 5.41) is 18.0. The third kappa shape index (κ3) is 2.41. The fraction of sp³-hybridized carbons (Fsp3) is 0.429. The molecular weight excluding hydrogens is 196 g/mol. The maximum Gasteiger partial charge on any atom is 0.145 e. The number of hydrogen-bond acceptors (Lipinski definition) is 2. The molecule has 0 aliphatic carbocycles. The van der Waals surface area contributed by atoms with Crippen molar-refractivity contribution < 1.29 is 0 Å². The van der Waals surface area contributed by atoms with Gasteiger partial charge in [0.25, 0.3) is 0 Å². The number of nitrogens with zero attached hydrogens (tertiary/aromatic N) is 2. The molecule has 0 saturated carbocycles. The van der Waals surface area contributed by atoms with Crippen LogP contribution in [0.15, 0.2) is 12.1 Å². The highest BCUT2D eigenvalue weighted by atomic mass is 14.4. The summed E-state index contributed by atoms with van der Waals surface area (Å²) in [5.41, 5.74) is 3.74. The molecule has 0 atom stereocenters. The zero-order valence-corrected chi connectivity index (χ0v) is 10.3. The Balaban J connectivity index is 3.18. The Kier molecular flexibility index (Phi) is 3.35. The molecule has 2 heteroatoms. The minimum Gasteiger partial charge on any atom is -0.197 e. The minimum absolute atomic E-state index is 0.498. The standard InChI is InChI=1S/C14H16N2/c1-10-5-11(2)13(12(3)6-10)7-14(4,8-15)9-16/h5-6H,7H2,1-4H3. The van der Waals surface area contributed by atoms with Gasteiger partial charge in [-0.15, -0.1) is 0 Å². The second kappa shape index (κ2) is 4.37. The number of benzene rings is 1. The van der Waals surface area contributed by atoms with Gasteiger partial charge in [0, 0.05) is 6.42 Å². The molecule has 0 N–H and O–H groups in total. The predicted octanol–water partition coefficient (Wildman–Crippen LogP) is 3.21. The van der Waals surface area contributed by atoms with E-state index in [4.69, 9.17) is 10.5 Å². The lowest BCUT2D eigenvalue weighted by Crippen LogP contribution is -2.16. The van der Waals surface area contributed by atoms with Gasteiger partial charge in [0.1, 0.15) is 5.41 Å². The van der Waals surface area contributed by atoms with Crippen molar-refractivity contribution in [2.24, 2.45) is 5.41 Å². The predicted molar refractivity (Wildman–Crippen MR) is 63.7 cm³/mol. The molecule has 0 unspecified atom stereocenters. The molecule has 0 amide bonds. The summed E-state index contributed by atoms with van der Waals surface area (Å²) < 4.78 is 0. The number of aryl methyl sites for hydroxylation is 3. The van der Waals surface area contributed by atoms with E-state index in [-0.39, 0.29) is 0 Å². The zero-order chi connectivity index (χ0) is 12.3. The summed E-state index contributed by atoms with van der Waals surface area (Å²) in [5.74, 6) is 0. The quantitative estimate of drug-likeness (QED) is 0.755. The summed E-state index contributed by atoms with van der Waals surface area (Å²) in [6.45, 7) is 7.80. The first-order valence-corrected chi connectivity index (χ1v) is 5.31. The normalized spacial score (nSPS) is 10.6. The Morgan fingerprint density at radius 1 is 1.06 bits per heavy atom. The van der Waals surface area contributed by atoms with Gasteiger partial charge in [-0.2, -0.15) is 10.5 Å². The molecule has 0 bridgehead atoms. The molecule has 1 aromatic carbocycles. The third-order valence-electron chi connectivity index (χ3n) is 2.86. The molecule has 0 heterocycles. The summed E-state index contributed by atoms with van der Waals surface area (Å²) in [4.78, 5) is 0. The molecule has 0 fully saturated rings. The van der Waals surface area contributed by atoms with Crippen LogP contribution in [0.3, 0.4) is 0 Å². The Morgan fingerprint density at radius 2 is 1.50 bits per heavy atom. The largest absolute Gasteiger partial charge is 0.197 e. The van der Waals surface area contributed by atoms with Crippen LogP contribution in [0.25, 0.3) is 0 Å². The topological polar surface area (TPSA) is 47.6 Å². The van der Waals surface area contributed by atoms with Crippen LogP contribution in [0.5, 0.6) is 0 Å². The minimum atomic E-state index is -0.926.